The fourth-order valence-electron chi connectivity index (χ4n) is 2.54. The van der Waals surface area contributed by atoms with Crippen LogP contribution in [-0.2, 0) is 19.1 Å². The van der Waals surface area contributed by atoms with Gasteiger partial charge in [0.15, 0.2) is 0 Å². The molecule has 5 heteroatoms. The van der Waals surface area contributed by atoms with Gasteiger partial charge in [-0.2, -0.15) is 0 Å². The van der Waals surface area contributed by atoms with Crippen molar-refractivity contribution in [2.45, 2.75) is 45.6 Å². The van der Waals surface area contributed by atoms with Crippen LogP contribution in [0.4, 0.5) is 0 Å². The number of carbonyl (C=O) groups is 2. The molecule has 1 saturated heterocycles. The van der Waals surface area contributed by atoms with Crippen LogP contribution >= 0.6 is 0 Å². The highest BCUT2D eigenvalue weighted by Gasteiger charge is 2.48. The lowest BCUT2D eigenvalue weighted by molar-refractivity contribution is -0.157. The fraction of sp³-hybridized carbons (Fsp3) is 0.846. The number of methoxy groups -OCH3 is 1. The molecule has 1 rings (SSSR count). The van der Waals surface area contributed by atoms with Gasteiger partial charge in [-0.15, -0.1) is 0 Å². The summed E-state index contributed by atoms with van der Waals surface area (Å²) in [6.07, 6.45) is 0.954. The highest BCUT2D eigenvalue weighted by molar-refractivity contribution is 5.81. The van der Waals surface area contributed by atoms with Crippen LogP contribution in [0.15, 0.2) is 0 Å². The van der Waals surface area contributed by atoms with Crippen LogP contribution in [0.25, 0.3) is 0 Å². The van der Waals surface area contributed by atoms with Crippen LogP contribution in [0, 0.1) is 11.3 Å². The molecule has 0 amide bonds. The van der Waals surface area contributed by atoms with Gasteiger partial charge in [0.25, 0.3) is 0 Å². The second-order valence-corrected chi connectivity index (χ2v) is 6.18. The summed E-state index contributed by atoms with van der Waals surface area (Å²) in [6, 6.07) is 0. The minimum atomic E-state index is -0.853. The number of esters is 2. The summed E-state index contributed by atoms with van der Waals surface area (Å²) in [5.41, 5.74) is -0.919. The Bertz CT molecular complexity index is 331. The van der Waals surface area contributed by atoms with E-state index in [1.165, 1.54) is 7.11 Å². The summed E-state index contributed by atoms with van der Waals surface area (Å²) >= 11 is 0. The van der Waals surface area contributed by atoms with Crippen LogP contribution in [0.2, 0.25) is 0 Å². The molecule has 0 spiro atoms. The highest BCUT2D eigenvalue weighted by Crippen LogP contribution is 2.40. The van der Waals surface area contributed by atoms with Crippen molar-refractivity contribution in [3.63, 3.8) is 0 Å². The zero-order chi connectivity index (χ0) is 14.0. The Hall–Kier alpha value is -1.10. The van der Waals surface area contributed by atoms with Gasteiger partial charge in [0, 0.05) is 6.42 Å². The number of carbonyl (C=O) groups excluding carboxylic acids is 2. The Kier molecular flexibility index (Phi) is 4.37. The topological polar surface area (TPSA) is 72.8 Å². The summed E-state index contributed by atoms with van der Waals surface area (Å²) in [5, 5.41) is 9.51. The number of aliphatic hydroxyl groups is 1. The maximum Gasteiger partial charge on any atom is 0.310 e. The highest BCUT2D eigenvalue weighted by atomic mass is 16.6. The molecule has 0 aliphatic carbocycles. The molecule has 2 atom stereocenters. The minimum Gasteiger partial charge on any atom is -0.469 e. The van der Waals surface area contributed by atoms with E-state index in [9.17, 15) is 14.7 Å². The van der Waals surface area contributed by atoms with E-state index in [-0.39, 0.29) is 18.4 Å². The Morgan fingerprint density at radius 3 is 2.61 bits per heavy atom. The molecular formula is C13H22O5. The first kappa shape index (κ1) is 15.0. The van der Waals surface area contributed by atoms with Gasteiger partial charge < -0.3 is 14.6 Å². The Labute approximate surface area is 107 Å². The third kappa shape index (κ3) is 3.70. The molecule has 5 nitrogen and oxygen atoms in total. The van der Waals surface area contributed by atoms with E-state index >= 15 is 0 Å². The van der Waals surface area contributed by atoms with Crippen molar-refractivity contribution in [3.05, 3.63) is 0 Å². The molecule has 0 aromatic carbocycles. The van der Waals surface area contributed by atoms with Crippen LogP contribution < -0.4 is 0 Å². The average Bonchev–Trinajstić information content (AvgIpc) is 2.53. The van der Waals surface area contributed by atoms with Gasteiger partial charge in [0.2, 0.25) is 0 Å². The second-order valence-electron chi connectivity index (χ2n) is 6.18. The van der Waals surface area contributed by atoms with E-state index in [0.717, 1.165) is 0 Å². The molecule has 0 saturated carbocycles. The van der Waals surface area contributed by atoms with Crippen molar-refractivity contribution in [1.82, 2.24) is 0 Å². The molecule has 104 valence electrons. The third-order valence-electron chi connectivity index (χ3n) is 3.05. The summed E-state index contributed by atoms with van der Waals surface area (Å²) in [7, 11) is 1.29. The van der Waals surface area contributed by atoms with Crippen LogP contribution in [0.1, 0.15) is 40.0 Å². The van der Waals surface area contributed by atoms with Gasteiger partial charge in [0.05, 0.1) is 26.1 Å². The third-order valence-corrected chi connectivity index (χ3v) is 3.05. The first-order chi connectivity index (χ1) is 8.21. The lowest BCUT2D eigenvalue weighted by Crippen LogP contribution is -2.37. The van der Waals surface area contributed by atoms with E-state index < -0.39 is 23.5 Å². The van der Waals surface area contributed by atoms with Gasteiger partial charge in [-0.25, -0.2) is 0 Å². The Balaban J connectivity index is 2.75. The molecule has 0 radical (unpaired) electrons. The Morgan fingerprint density at radius 1 is 1.56 bits per heavy atom. The molecule has 1 aliphatic heterocycles. The predicted octanol–water partition coefficient (Wildman–Crippen LogP) is 1.28. The number of aliphatic hydroxyl groups excluding tert-OH is 1. The van der Waals surface area contributed by atoms with Gasteiger partial charge in [-0.05, 0) is 11.8 Å². The van der Waals surface area contributed by atoms with Crippen LogP contribution in [0.3, 0.4) is 0 Å². The van der Waals surface area contributed by atoms with Crippen LogP contribution in [-0.4, -0.2) is 36.4 Å². The van der Waals surface area contributed by atoms with E-state index in [4.69, 9.17) is 4.74 Å². The second kappa shape index (κ2) is 5.26. The van der Waals surface area contributed by atoms with E-state index in [1.54, 1.807) is 0 Å². The zero-order valence-electron chi connectivity index (χ0n) is 11.5. The summed E-state index contributed by atoms with van der Waals surface area (Å²) < 4.78 is 9.89. The van der Waals surface area contributed by atoms with E-state index in [0.29, 0.717) is 12.8 Å². The molecule has 0 aromatic rings. The van der Waals surface area contributed by atoms with Gasteiger partial charge in [-0.1, -0.05) is 20.8 Å². The molecule has 1 aliphatic rings. The summed E-state index contributed by atoms with van der Waals surface area (Å²) in [6.45, 7) is 5.84. The maximum absolute atomic E-state index is 11.7. The molecule has 0 aromatic heterocycles. The van der Waals surface area contributed by atoms with Crippen molar-refractivity contribution >= 4 is 11.9 Å². The molecule has 1 heterocycles. The smallest absolute Gasteiger partial charge is 0.310 e. The molecule has 2 unspecified atom stereocenters. The summed E-state index contributed by atoms with van der Waals surface area (Å²) in [5.74, 6) is -1.35. The Morgan fingerprint density at radius 2 is 2.17 bits per heavy atom. The number of rotatable bonds is 4. The number of cyclic esters (lactones) is 1. The van der Waals surface area contributed by atoms with Crippen LogP contribution in [0.5, 0.6) is 0 Å². The monoisotopic (exact) mass is 258 g/mol. The van der Waals surface area contributed by atoms with E-state index in [1.807, 2.05) is 20.8 Å². The molecule has 0 bridgehead atoms. The first-order valence-corrected chi connectivity index (χ1v) is 6.12. The van der Waals surface area contributed by atoms with Crippen molar-refractivity contribution < 1.29 is 24.2 Å². The molecule has 1 N–H and O–H groups in total. The number of hydrogen-bond acceptors (Lipinski definition) is 5. The molecular weight excluding hydrogens is 236 g/mol. The predicted molar refractivity (Wildman–Crippen MR) is 64.7 cm³/mol. The quantitative estimate of drug-likeness (QED) is 0.769. The standard InChI is InChI=1S/C13H22O5/c1-12(2,3)7-13(8-14)6-9(11(16)18-13)5-10(15)17-4/h9,14H,5-8H2,1-4H3. The SMILES string of the molecule is COC(=O)CC1CC(CO)(CC(C)(C)C)OC1=O. The van der Waals surface area contributed by atoms with Crippen molar-refractivity contribution in [3.8, 4) is 0 Å². The first-order valence-electron chi connectivity index (χ1n) is 6.12. The fourth-order valence-corrected chi connectivity index (χ4v) is 2.54. The number of hydrogen-bond donors (Lipinski definition) is 1. The van der Waals surface area contributed by atoms with Gasteiger partial charge >= 0.3 is 11.9 Å². The lowest BCUT2D eigenvalue weighted by atomic mass is 9.79. The zero-order valence-corrected chi connectivity index (χ0v) is 11.5. The molecule has 1 fully saturated rings. The van der Waals surface area contributed by atoms with Gasteiger partial charge in [0.1, 0.15) is 5.60 Å². The van der Waals surface area contributed by atoms with Crippen molar-refractivity contribution in [2.75, 3.05) is 13.7 Å². The minimum absolute atomic E-state index is 0.0151. The van der Waals surface area contributed by atoms with E-state index in [2.05, 4.69) is 4.74 Å². The summed E-state index contributed by atoms with van der Waals surface area (Å²) in [4.78, 5) is 23.0. The number of ether oxygens (including phenoxy) is 2. The lowest BCUT2D eigenvalue weighted by Gasteiger charge is -2.32. The van der Waals surface area contributed by atoms with Crippen molar-refractivity contribution in [1.29, 1.82) is 0 Å². The largest absolute Gasteiger partial charge is 0.469 e. The van der Waals surface area contributed by atoms with Gasteiger partial charge in [-0.3, -0.25) is 9.59 Å². The van der Waals surface area contributed by atoms with Crippen molar-refractivity contribution in [2.24, 2.45) is 11.3 Å². The maximum atomic E-state index is 11.7. The average molecular weight is 258 g/mol. The molecule has 18 heavy (non-hydrogen) atoms. The normalized spacial score (nSPS) is 28.1.